The first-order valence-electron chi connectivity index (χ1n) is 8.02. The molecule has 2 heterocycles. The van der Waals surface area contributed by atoms with Crippen molar-refractivity contribution < 1.29 is 28.3 Å². The molecule has 2 N–H and O–H groups in total. The van der Waals surface area contributed by atoms with Crippen LogP contribution in [-0.4, -0.2) is 29.4 Å². The molecule has 0 bridgehead atoms. The lowest BCUT2D eigenvalue weighted by Gasteiger charge is -2.17. The van der Waals surface area contributed by atoms with E-state index in [4.69, 9.17) is 9.52 Å². The number of hydrogen-bond donors (Lipinski definition) is 2. The first-order chi connectivity index (χ1) is 12.4. The van der Waals surface area contributed by atoms with Crippen molar-refractivity contribution in [1.29, 1.82) is 0 Å². The molecule has 2 aromatic rings. The van der Waals surface area contributed by atoms with Gasteiger partial charge in [-0.3, -0.25) is 9.59 Å². The van der Waals surface area contributed by atoms with E-state index in [1.165, 1.54) is 36.1 Å². The summed E-state index contributed by atoms with van der Waals surface area (Å²) in [6, 6.07) is 7.25. The average Bonchev–Trinajstić information content (AvgIpc) is 3.16. The van der Waals surface area contributed by atoms with Crippen LogP contribution in [0, 0.1) is 18.7 Å². The maximum Gasteiger partial charge on any atom is 0.339 e. The lowest BCUT2D eigenvalue weighted by Crippen LogP contribution is -2.32. The Morgan fingerprint density at radius 2 is 2.12 bits per heavy atom. The summed E-state index contributed by atoms with van der Waals surface area (Å²) in [6.45, 7) is 1.62. The van der Waals surface area contributed by atoms with Gasteiger partial charge in [-0.05, 0) is 25.1 Å². The van der Waals surface area contributed by atoms with Crippen LogP contribution in [0.15, 0.2) is 34.7 Å². The fourth-order valence-electron chi connectivity index (χ4n) is 2.95. The largest absolute Gasteiger partial charge is 0.478 e. The summed E-state index contributed by atoms with van der Waals surface area (Å²) in [4.78, 5) is 36.7. The number of halogens is 1. The Bertz CT molecular complexity index is 876. The number of nitrogens with zero attached hydrogens (tertiary/aromatic N) is 1. The summed E-state index contributed by atoms with van der Waals surface area (Å²) in [5.41, 5.74) is 0.191. The van der Waals surface area contributed by atoms with Crippen molar-refractivity contribution in [3.63, 3.8) is 0 Å². The number of carbonyl (C=O) groups excluding carboxylic acids is 2. The van der Waals surface area contributed by atoms with Crippen LogP contribution < -0.4 is 10.2 Å². The maximum atomic E-state index is 13.9. The van der Waals surface area contributed by atoms with Gasteiger partial charge in [-0.1, -0.05) is 12.1 Å². The lowest BCUT2D eigenvalue weighted by atomic mass is 10.1. The van der Waals surface area contributed by atoms with E-state index in [2.05, 4.69) is 5.32 Å². The molecule has 136 valence electrons. The van der Waals surface area contributed by atoms with Crippen molar-refractivity contribution in [3.8, 4) is 0 Å². The number of benzene rings is 1. The Balaban J connectivity index is 1.63. The van der Waals surface area contributed by atoms with E-state index in [1.54, 1.807) is 6.07 Å². The van der Waals surface area contributed by atoms with Gasteiger partial charge in [0.2, 0.25) is 11.8 Å². The number of carboxylic acid groups (broad SMARTS) is 1. The Morgan fingerprint density at radius 3 is 2.77 bits per heavy atom. The number of anilines is 1. The third kappa shape index (κ3) is 3.44. The normalized spacial score (nSPS) is 16.8. The highest BCUT2D eigenvalue weighted by molar-refractivity contribution is 6.00. The smallest absolute Gasteiger partial charge is 0.339 e. The molecule has 0 spiro atoms. The predicted molar refractivity (Wildman–Crippen MR) is 89.1 cm³/mol. The van der Waals surface area contributed by atoms with Crippen molar-refractivity contribution in [1.82, 2.24) is 5.32 Å². The second kappa shape index (κ2) is 6.99. The highest BCUT2D eigenvalue weighted by Crippen LogP contribution is 2.27. The van der Waals surface area contributed by atoms with Crippen molar-refractivity contribution in [2.45, 2.75) is 19.9 Å². The molecule has 1 saturated heterocycles. The van der Waals surface area contributed by atoms with Gasteiger partial charge in [0, 0.05) is 13.0 Å². The first kappa shape index (κ1) is 17.7. The molecule has 7 nitrogen and oxygen atoms in total. The quantitative estimate of drug-likeness (QED) is 0.851. The van der Waals surface area contributed by atoms with Gasteiger partial charge in [-0.25, -0.2) is 9.18 Å². The van der Waals surface area contributed by atoms with Gasteiger partial charge in [0.05, 0.1) is 18.2 Å². The van der Waals surface area contributed by atoms with Crippen LogP contribution in [0.25, 0.3) is 0 Å². The standard InChI is InChI=1S/C18H17FN2O5/c1-10-13(18(24)25)7-12(26-10)8-20-17(23)11-6-16(22)21(9-11)15-5-3-2-4-14(15)19/h2-5,7,11H,6,8-9H2,1H3,(H,20,23)(H,24,25). The number of hydrogen-bond acceptors (Lipinski definition) is 4. The van der Waals surface area contributed by atoms with Crippen molar-refractivity contribution in [2.24, 2.45) is 5.92 Å². The molecule has 1 fully saturated rings. The van der Waals surface area contributed by atoms with Gasteiger partial charge in [-0.15, -0.1) is 0 Å². The van der Waals surface area contributed by atoms with Crippen LogP contribution in [0.2, 0.25) is 0 Å². The van der Waals surface area contributed by atoms with E-state index in [9.17, 15) is 18.8 Å². The summed E-state index contributed by atoms with van der Waals surface area (Å²) in [5.74, 6) is -2.37. The topological polar surface area (TPSA) is 99.9 Å². The van der Waals surface area contributed by atoms with E-state index in [0.29, 0.717) is 5.76 Å². The molecule has 0 radical (unpaired) electrons. The monoisotopic (exact) mass is 360 g/mol. The number of carbonyl (C=O) groups is 3. The fraction of sp³-hybridized carbons (Fsp3) is 0.278. The number of para-hydroxylation sites is 1. The average molecular weight is 360 g/mol. The van der Waals surface area contributed by atoms with Crippen molar-refractivity contribution in [3.05, 3.63) is 53.2 Å². The Hall–Kier alpha value is -3.16. The van der Waals surface area contributed by atoms with Crippen LogP contribution >= 0.6 is 0 Å². The molecule has 1 aliphatic rings. The molecule has 1 aliphatic heterocycles. The molecule has 26 heavy (non-hydrogen) atoms. The van der Waals surface area contributed by atoms with Gasteiger partial charge < -0.3 is 19.7 Å². The van der Waals surface area contributed by atoms with E-state index >= 15 is 0 Å². The van der Waals surface area contributed by atoms with Crippen LogP contribution in [0.1, 0.15) is 28.3 Å². The van der Waals surface area contributed by atoms with Gasteiger partial charge in [0.25, 0.3) is 0 Å². The van der Waals surface area contributed by atoms with Crippen LogP contribution in [0.5, 0.6) is 0 Å². The summed E-state index contributed by atoms with van der Waals surface area (Å²) < 4.78 is 19.2. The van der Waals surface area contributed by atoms with E-state index in [1.807, 2.05) is 0 Å². The zero-order valence-corrected chi connectivity index (χ0v) is 14.0. The number of rotatable bonds is 5. The minimum atomic E-state index is -1.11. The summed E-state index contributed by atoms with van der Waals surface area (Å²) >= 11 is 0. The SMILES string of the molecule is Cc1oc(CNC(=O)C2CC(=O)N(c3ccccc3F)C2)cc1C(=O)O. The Morgan fingerprint density at radius 1 is 1.38 bits per heavy atom. The third-order valence-electron chi connectivity index (χ3n) is 4.28. The molecule has 1 aromatic carbocycles. The molecule has 1 atom stereocenters. The maximum absolute atomic E-state index is 13.9. The van der Waals surface area contributed by atoms with Gasteiger partial charge in [-0.2, -0.15) is 0 Å². The second-order valence-electron chi connectivity index (χ2n) is 6.06. The highest BCUT2D eigenvalue weighted by Gasteiger charge is 2.36. The summed E-state index contributed by atoms with van der Waals surface area (Å²) in [7, 11) is 0. The van der Waals surface area contributed by atoms with Crippen LogP contribution in [-0.2, 0) is 16.1 Å². The first-order valence-corrected chi connectivity index (χ1v) is 8.02. The van der Waals surface area contributed by atoms with Gasteiger partial charge >= 0.3 is 5.97 Å². The van der Waals surface area contributed by atoms with E-state index < -0.39 is 17.7 Å². The number of nitrogens with one attached hydrogen (secondary N) is 1. The van der Waals surface area contributed by atoms with Crippen LogP contribution in [0.3, 0.4) is 0 Å². The Kier molecular flexibility index (Phi) is 4.75. The zero-order valence-electron chi connectivity index (χ0n) is 14.0. The number of aryl methyl sites for hydroxylation is 1. The molecule has 1 unspecified atom stereocenters. The molecule has 0 saturated carbocycles. The fourth-order valence-corrected chi connectivity index (χ4v) is 2.95. The minimum Gasteiger partial charge on any atom is -0.478 e. The van der Waals surface area contributed by atoms with E-state index in [0.717, 1.165) is 0 Å². The van der Waals surface area contributed by atoms with Crippen molar-refractivity contribution in [2.75, 3.05) is 11.4 Å². The lowest BCUT2D eigenvalue weighted by molar-refractivity contribution is -0.126. The predicted octanol–water partition coefficient (Wildman–Crippen LogP) is 2.09. The molecular formula is C18H17FN2O5. The Labute approximate surface area is 148 Å². The summed E-state index contributed by atoms with van der Waals surface area (Å²) in [6.07, 6.45) is -0.0161. The van der Waals surface area contributed by atoms with Crippen LogP contribution in [0.4, 0.5) is 10.1 Å². The van der Waals surface area contributed by atoms with Gasteiger partial charge in [0.15, 0.2) is 0 Å². The van der Waals surface area contributed by atoms with Crippen molar-refractivity contribution >= 4 is 23.5 Å². The van der Waals surface area contributed by atoms with E-state index in [-0.39, 0.29) is 48.3 Å². The minimum absolute atomic E-state index is 0.0113. The molecule has 8 heteroatoms. The number of aromatic carboxylic acids is 1. The molecule has 3 rings (SSSR count). The molecule has 2 amide bonds. The molecule has 0 aliphatic carbocycles. The number of carboxylic acids is 1. The van der Waals surface area contributed by atoms with Gasteiger partial charge in [0.1, 0.15) is 22.9 Å². The number of amides is 2. The highest BCUT2D eigenvalue weighted by atomic mass is 19.1. The molecule has 1 aromatic heterocycles. The second-order valence-corrected chi connectivity index (χ2v) is 6.06. The number of furan rings is 1. The summed E-state index contributed by atoms with van der Waals surface area (Å²) in [5, 5.41) is 11.6. The third-order valence-corrected chi connectivity index (χ3v) is 4.28. The molecular weight excluding hydrogens is 343 g/mol. The zero-order chi connectivity index (χ0) is 18.8.